The number of nitrogens with two attached hydrogens (primary N) is 1. The van der Waals surface area contributed by atoms with Gasteiger partial charge in [-0.25, -0.2) is 8.78 Å². The van der Waals surface area contributed by atoms with E-state index in [1.165, 1.54) is 12.1 Å². The van der Waals surface area contributed by atoms with Crippen LogP contribution in [0, 0.1) is 11.6 Å². The predicted octanol–water partition coefficient (Wildman–Crippen LogP) is 1.98. The Morgan fingerprint density at radius 2 is 1.86 bits per heavy atom. The number of likely N-dealkylation sites (N-methyl/N-ethyl adjacent to an activating group) is 1. The average molecular weight is 296 g/mol. The maximum absolute atomic E-state index is 13.4. The Morgan fingerprint density at radius 1 is 1.24 bits per heavy atom. The maximum atomic E-state index is 13.4. The second kappa shape index (κ2) is 6.85. The van der Waals surface area contributed by atoms with Gasteiger partial charge in [0.15, 0.2) is 5.96 Å². The van der Waals surface area contributed by atoms with E-state index in [2.05, 4.69) is 23.7 Å². The molecule has 0 aromatic heterocycles. The molecule has 21 heavy (non-hydrogen) atoms. The lowest BCUT2D eigenvalue weighted by Crippen LogP contribution is -2.41. The number of rotatable bonds is 6. The Balaban J connectivity index is 2.12. The fourth-order valence-corrected chi connectivity index (χ4v) is 2.64. The predicted molar refractivity (Wildman–Crippen MR) is 80.1 cm³/mol. The van der Waals surface area contributed by atoms with Crippen LogP contribution in [-0.4, -0.2) is 48.5 Å². The van der Waals surface area contributed by atoms with E-state index in [0.717, 1.165) is 25.7 Å². The van der Waals surface area contributed by atoms with Gasteiger partial charge in [-0.05, 0) is 30.8 Å². The number of benzene rings is 1. The summed E-state index contributed by atoms with van der Waals surface area (Å²) in [6.45, 7) is 8.10. The summed E-state index contributed by atoms with van der Waals surface area (Å²) >= 11 is 0. The highest BCUT2D eigenvalue weighted by Crippen LogP contribution is 2.26. The molecule has 1 heterocycles. The van der Waals surface area contributed by atoms with E-state index in [9.17, 15) is 8.78 Å². The summed E-state index contributed by atoms with van der Waals surface area (Å²) < 4.78 is 26.8. The molecule has 1 atom stereocenters. The smallest absolute Gasteiger partial charge is 0.191 e. The quantitative estimate of drug-likeness (QED) is 0.873. The molecular formula is C15H22F2N4. The van der Waals surface area contributed by atoms with Crippen LogP contribution in [0.2, 0.25) is 0 Å². The van der Waals surface area contributed by atoms with Gasteiger partial charge in [-0.3, -0.25) is 4.99 Å². The van der Waals surface area contributed by atoms with Crippen LogP contribution >= 0.6 is 0 Å². The highest BCUT2D eigenvalue weighted by molar-refractivity contribution is 5.80. The molecule has 0 bridgehead atoms. The van der Waals surface area contributed by atoms with Crippen molar-refractivity contribution in [1.82, 2.24) is 9.80 Å². The van der Waals surface area contributed by atoms with Crippen LogP contribution in [0.25, 0.3) is 0 Å². The Bertz CT molecular complexity index is 494. The van der Waals surface area contributed by atoms with E-state index in [4.69, 9.17) is 5.73 Å². The molecule has 2 N–H and O–H groups in total. The third kappa shape index (κ3) is 3.69. The van der Waals surface area contributed by atoms with Crippen LogP contribution in [0.5, 0.6) is 0 Å². The molecule has 6 heteroatoms. The molecule has 2 rings (SSSR count). The van der Waals surface area contributed by atoms with E-state index in [1.54, 1.807) is 0 Å². The zero-order chi connectivity index (χ0) is 15.4. The van der Waals surface area contributed by atoms with Gasteiger partial charge in [0.25, 0.3) is 0 Å². The molecule has 4 nitrogen and oxygen atoms in total. The van der Waals surface area contributed by atoms with E-state index in [-0.39, 0.29) is 6.04 Å². The Hall–Kier alpha value is -1.69. The summed E-state index contributed by atoms with van der Waals surface area (Å²) in [7, 11) is 0. The molecule has 0 fully saturated rings. The first-order valence-electron chi connectivity index (χ1n) is 7.30. The van der Waals surface area contributed by atoms with Gasteiger partial charge >= 0.3 is 0 Å². The lowest BCUT2D eigenvalue weighted by atomic mass is 10.1. The number of hydrogen-bond acceptors (Lipinski definition) is 4. The number of halogens is 2. The van der Waals surface area contributed by atoms with Crippen molar-refractivity contribution in [3.63, 3.8) is 0 Å². The van der Waals surface area contributed by atoms with Gasteiger partial charge < -0.3 is 15.5 Å². The number of hydrogen-bond donors (Lipinski definition) is 1. The highest BCUT2D eigenvalue weighted by Gasteiger charge is 2.28. The molecule has 0 saturated heterocycles. The Kier molecular flexibility index (Phi) is 5.12. The van der Waals surface area contributed by atoms with Crippen LogP contribution in [-0.2, 0) is 0 Å². The molecule has 1 aromatic rings. The van der Waals surface area contributed by atoms with Crippen molar-refractivity contribution in [3.8, 4) is 0 Å². The molecule has 1 aliphatic rings. The topological polar surface area (TPSA) is 44.9 Å². The number of nitrogens with zero attached hydrogens (tertiary/aromatic N) is 3. The van der Waals surface area contributed by atoms with Crippen molar-refractivity contribution in [2.24, 2.45) is 10.7 Å². The van der Waals surface area contributed by atoms with Gasteiger partial charge in [-0.2, -0.15) is 0 Å². The second-order valence-electron chi connectivity index (χ2n) is 5.14. The van der Waals surface area contributed by atoms with Crippen molar-refractivity contribution >= 4 is 5.96 Å². The third-order valence-corrected chi connectivity index (χ3v) is 3.92. The fraction of sp³-hybridized carbons (Fsp3) is 0.533. The van der Waals surface area contributed by atoms with Gasteiger partial charge in [0.2, 0.25) is 0 Å². The molecule has 0 radical (unpaired) electrons. The highest BCUT2D eigenvalue weighted by atomic mass is 19.1. The maximum Gasteiger partial charge on any atom is 0.191 e. The van der Waals surface area contributed by atoms with Crippen molar-refractivity contribution in [2.45, 2.75) is 19.9 Å². The van der Waals surface area contributed by atoms with Gasteiger partial charge in [0.1, 0.15) is 11.6 Å². The van der Waals surface area contributed by atoms with Crippen molar-refractivity contribution in [1.29, 1.82) is 0 Å². The monoisotopic (exact) mass is 296 g/mol. The fourth-order valence-electron chi connectivity index (χ4n) is 2.64. The first kappa shape index (κ1) is 15.7. The number of guanidine groups is 1. The normalized spacial score (nSPS) is 18.4. The van der Waals surface area contributed by atoms with Crippen LogP contribution in [0.1, 0.15) is 25.5 Å². The minimum Gasteiger partial charge on any atom is -0.370 e. The van der Waals surface area contributed by atoms with Crippen LogP contribution in [0.15, 0.2) is 23.2 Å². The van der Waals surface area contributed by atoms with Gasteiger partial charge in [0, 0.05) is 19.2 Å². The van der Waals surface area contributed by atoms with Gasteiger partial charge in [0.05, 0.1) is 12.6 Å². The average Bonchev–Trinajstić information content (AvgIpc) is 2.80. The zero-order valence-corrected chi connectivity index (χ0v) is 12.5. The van der Waals surface area contributed by atoms with Crippen LogP contribution in [0.4, 0.5) is 8.78 Å². The van der Waals surface area contributed by atoms with E-state index in [1.807, 2.05) is 4.90 Å². The van der Waals surface area contributed by atoms with Crippen molar-refractivity contribution < 1.29 is 8.78 Å². The third-order valence-electron chi connectivity index (χ3n) is 3.92. The molecule has 0 amide bonds. The lowest BCUT2D eigenvalue weighted by Gasteiger charge is -2.29. The SMILES string of the molecule is CCN(CC)CCN1C(N)=NCC1c1cc(F)cc(F)c1. The molecular weight excluding hydrogens is 274 g/mol. The van der Waals surface area contributed by atoms with E-state index >= 15 is 0 Å². The molecule has 0 aliphatic carbocycles. The largest absolute Gasteiger partial charge is 0.370 e. The van der Waals surface area contributed by atoms with Gasteiger partial charge in [-0.1, -0.05) is 13.8 Å². The summed E-state index contributed by atoms with van der Waals surface area (Å²) in [6, 6.07) is 3.40. The van der Waals surface area contributed by atoms with Crippen molar-refractivity contribution in [2.75, 3.05) is 32.7 Å². The van der Waals surface area contributed by atoms with Gasteiger partial charge in [-0.15, -0.1) is 0 Å². The molecule has 116 valence electrons. The minimum absolute atomic E-state index is 0.189. The molecule has 1 aromatic carbocycles. The molecule has 1 unspecified atom stereocenters. The molecule has 0 saturated carbocycles. The lowest BCUT2D eigenvalue weighted by molar-refractivity contribution is 0.248. The summed E-state index contributed by atoms with van der Waals surface area (Å²) in [5.41, 5.74) is 6.50. The molecule has 1 aliphatic heterocycles. The first-order chi connectivity index (χ1) is 10.0. The summed E-state index contributed by atoms with van der Waals surface area (Å²) in [6.07, 6.45) is 0. The summed E-state index contributed by atoms with van der Waals surface area (Å²) in [5, 5.41) is 0. The standard InChI is InChI=1S/C15H22F2N4/c1-3-20(4-2)5-6-21-14(10-19-15(21)18)11-7-12(16)9-13(17)8-11/h7-9,14H,3-6,10H2,1-2H3,(H2,18,19). The van der Waals surface area contributed by atoms with Crippen LogP contribution < -0.4 is 5.73 Å². The van der Waals surface area contributed by atoms with Crippen molar-refractivity contribution in [3.05, 3.63) is 35.4 Å². The Labute approximate surface area is 124 Å². The second-order valence-corrected chi connectivity index (χ2v) is 5.14. The molecule has 0 spiro atoms. The first-order valence-corrected chi connectivity index (χ1v) is 7.30. The Morgan fingerprint density at radius 3 is 2.43 bits per heavy atom. The summed E-state index contributed by atoms with van der Waals surface area (Å²) in [5.74, 6) is -0.699. The number of aliphatic imine (C=N–C) groups is 1. The van der Waals surface area contributed by atoms with Crippen LogP contribution in [0.3, 0.4) is 0 Å². The van der Waals surface area contributed by atoms with E-state index < -0.39 is 11.6 Å². The van der Waals surface area contributed by atoms with E-state index in [0.29, 0.717) is 24.6 Å². The summed E-state index contributed by atoms with van der Waals surface area (Å²) in [4.78, 5) is 8.42. The minimum atomic E-state index is -0.570. The zero-order valence-electron chi connectivity index (χ0n) is 12.5.